The number of fused-ring (bicyclic) bond motifs is 1. The van der Waals surface area contributed by atoms with Crippen LogP contribution in [0, 0.1) is 5.92 Å². The SMILES string of the molecule is CC(C)C[C@H]1NC(=O)[C@H]2CN(Cc3ccc(Cl)s3)CCN2C1=O. The van der Waals surface area contributed by atoms with Crippen molar-refractivity contribution in [2.75, 3.05) is 19.6 Å². The summed E-state index contributed by atoms with van der Waals surface area (Å²) in [4.78, 5) is 30.2. The van der Waals surface area contributed by atoms with Crippen molar-refractivity contribution in [2.24, 2.45) is 5.92 Å². The molecule has 5 nitrogen and oxygen atoms in total. The number of carbonyl (C=O) groups is 2. The van der Waals surface area contributed by atoms with Gasteiger partial charge in [-0.05, 0) is 24.5 Å². The molecule has 2 aliphatic heterocycles. The number of amides is 2. The number of hydrogen-bond acceptors (Lipinski definition) is 4. The van der Waals surface area contributed by atoms with Crippen molar-refractivity contribution in [2.45, 2.75) is 38.9 Å². The van der Waals surface area contributed by atoms with E-state index in [0.717, 1.165) is 17.4 Å². The van der Waals surface area contributed by atoms with Gasteiger partial charge in [0.2, 0.25) is 11.8 Å². The minimum Gasteiger partial charge on any atom is -0.342 e. The van der Waals surface area contributed by atoms with Crippen molar-refractivity contribution in [3.8, 4) is 0 Å². The first kappa shape index (κ1) is 16.7. The van der Waals surface area contributed by atoms with Gasteiger partial charge in [-0.15, -0.1) is 11.3 Å². The van der Waals surface area contributed by atoms with E-state index >= 15 is 0 Å². The Balaban J connectivity index is 1.65. The number of piperazine rings is 2. The molecule has 3 rings (SSSR count). The number of hydrogen-bond donors (Lipinski definition) is 1. The van der Waals surface area contributed by atoms with E-state index in [-0.39, 0.29) is 23.9 Å². The Labute approximate surface area is 145 Å². The van der Waals surface area contributed by atoms with E-state index in [1.807, 2.05) is 12.1 Å². The summed E-state index contributed by atoms with van der Waals surface area (Å²) in [5.41, 5.74) is 0. The molecule has 2 aliphatic rings. The fourth-order valence-corrected chi connectivity index (χ4v) is 4.42. The highest BCUT2D eigenvalue weighted by Crippen LogP contribution is 2.25. The van der Waals surface area contributed by atoms with Gasteiger partial charge in [0.1, 0.15) is 12.1 Å². The Hall–Kier alpha value is -1.11. The molecule has 2 amide bonds. The summed E-state index contributed by atoms with van der Waals surface area (Å²) in [5.74, 6) is 0.428. The molecule has 1 aromatic rings. The van der Waals surface area contributed by atoms with E-state index < -0.39 is 0 Å². The highest BCUT2D eigenvalue weighted by Gasteiger charge is 2.43. The summed E-state index contributed by atoms with van der Waals surface area (Å²) in [7, 11) is 0. The van der Waals surface area contributed by atoms with E-state index in [1.165, 1.54) is 4.88 Å². The van der Waals surface area contributed by atoms with Crippen LogP contribution in [0.15, 0.2) is 12.1 Å². The van der Waals surface area contributed by atoms with Crippen molar-refractivity contribution < 1.29 is 9.59 Å². The molecule has 126 valence electrons. The molecule has 1 aromatic heterocycles. The normalized spacial score (nSPS) is 25.7. The summed E-state index contributed by atoms with van der Waals surface area (Å²) in [6, 6.07) is 3.19. The second kappa shape index (κ2) is 6.79. The second-order valence-corrected chi connectivity index (χ2v) is 8.48. The average molecular weight is 356 g/mol. The molecule has 0 saturated carbocycles. The number of nitrogens with one attached hydrogen (secondary N) is 1. The average Bonchev–Trinajstić information content (AvgIpc) is 2.89. The monoisotopic (exact) mass is 355 g/mol. The molecular formula is C16H22ClN3O2S. The number of thiophene rings is 1. The van der Waals surface area contributed by atoms with Crippen LogP contribution in [0.1, 0.15) is 25.1 Å². The van der Waals surface area contributed by atoms with Crippen LogP contribution in [0.5, 0.6) is 0 Å². The van der Waals surface area contributed by atoms with E-state index in [4.69, 9.17) is 11.6 Å². The molecular weight excluding hydrogens is 334 g/mol. The zero-order valence-corrected chi connectivity index (χ0v) is 15.0. The van der Waals surface area contributed by atoms with Gasteiger partial charge in [-0.25, -0.2) is 0 Å². The van der Waals surface area contributed by atoms with Gasteiger partial charge in [0, 0.05) is 31.1 Å². The molecule has 23 heavy (non-hydrogen) atoms. The van der Waals surface area contributed by atoms with Gasteiger partial charge in [-0.3, -0.25) is 14.5 Å². The molecule has 3 heterocycles. The van der Waals surface area contributed by atoms with E-state index in [9.17, 15) is 9.59 Å². The minimum atomic E-state index is -0.366. The molecule has 7 heteroatoms. The van der Waals surface area contributed by atoms with Gasteiger partial charge in [-0.2, -0.15) is 0 Å². The Morgan fingerprint density at radius 2 is 2.13 bits per heavy atom. The maximum Gasteiger partial charge on any atom is 0.245 e. The van der Waals surface area contributed by atoms with Crippen molar-refractivity contribution in [1.29, 1.82) is 0 Å². The summed E-state index contributed by atoms with van der Waals surface area (Å²) < 4.78 is 0.778. The third kappa shape index (κ3) is 3.70. The highest BCUT2D eigenvalue weighted by molar-refractivity contribution is 7.16. The predicted octanol–water partition coefficient (Wildman–Crippen LogP) is 1.96. The highest BCUT2D eigenvalue weighted by atomic mass is 35.5. The van der Waals surface area contributed by atoms with Crippen LogP contribution >= 0.6 is 22.9 Å². The van der Waals surface area contributed by atoms with Gasteiger partial charge in [-0.1, -0.05) is 25.4 Å². The van der Waals surface area contributed by atoms with Crippen LogP contribution in [0.2, 0.25) is 4.34 Å². The topological polar surface area (TPSA) is 52.7 Å². The summed E-state index contributed by atoms with van der Waals surface area (Å²) in [6.07, 6.45) is 0.700. The second-order valence-electron chi connectivity index (χ2n) is 6.68. The molecule has 0 aliphatic carbocycles. The molecule has 0 spiro atoms. The largest absolute Gasteiger partial charge is 0.342 e. The van der Waals surface area contributed by atoms with E-state index in [0.29, 0.717) is 25.4 Å². The zero-order valence-electron chi connectivity index (χ0n) is 13.4. The molecule has 2 saturated heterocycles. The molecule has 2 fully saturated rings. The molecule has 0 bridgehead atoms. The van der Waals surface area contributed by atoms with E-state index in [2.05, 4.69) is 24.1 Å². The Kier molecular flexibility index (Phi) is 4.94. The van der Waals surface area contributed by atoms with Crippen molar-refractivity contribution in [3.05, 3.63) is 21.3 Å². The predicted molar refractivity (Wildman–Crippen MR) is 91.5 cm³/mol. The summed E-state index contributed by atoms with van der Waals surface area (Å²) >= 11 is 7.53. The number of nitrogens with zero attached hydrogens (tertiary/aromatic N) is 2. The van der Waals surface area contributed by atoms with Crippen LogP contribution in [0.25, 0.3) is 0 Å². The Bertz CT molecular complexity index is 604. The maximum atomic E-state index is 12.6. The van der Waals surface area contributed by atoms with Crippen molar-refractivity contribution in [3.63, 3.8) is 0 Å². The quantitative estimate of drug-likeness (QED) is 0.898. The van der Waals surface area contributed by atoms with Crippen LogP contribution in [-0.2, 0) is 16.1 Å². The maximum absolute atomic E-state index is 12.6. The number of carbonyl (C=O) groups excluding carboxylic acids is 2. The first-order chi connectivity index (χ1) is 10.9. The molecule has 0 radical (unpaired) electrons. The lowest BCUT2D eigenvalue weighted by atomic mass is 9.97. The summed E-state index contributed by atoms with van der Waals surface area (Å²) in [5, 5.41) is 2.91. The minimum absolute atomic E-state index is 0.0239. The standard InChI is InChI=1S/C16H22ClN3O2S/c1-10(2)7-12-16(22)20-6-5-19(9-13(20)15(21)18-12)8-11-3-4-14(17)23-11/h3-4,10,12-13H,5-9H2,1-2H3,(H,18,21)/t12-,13-/m1/s1. The lowest BCUT2D eigenvalue weighted by Crippen LogP contribution is -2.69. The fraction of sp³-hybridized carbons (Fsp3) is 0.625. The van der Waals surface area contributed by atoms with Crippen LogP contribution in [-0.4, -0.2) is 53.3 Å². The van der Waals surface area contributed by atoms with Crippen LogP contribution in [0.4, 0.5) is 0 Å². The van der Waals surface area contributed by atoms with Crippen LogP contribution < -0.4 is 5.32 Å². The van der Waals surface area contributed by atoms with E-state index in [1.54, 1.807) is 16.2 Å². The van der Waals surface area contributed by atoms with Gasteiger partial charge in [0.15, 0.2) is 0 Å². The van der Waals surface area contributed by atoms with Gasteiger partial charge in [0.05, 0.1) is 4.34 Å². The first-order valence-corrected chi connectivity index (χ1v) is 9.21. The Morgan fingerprint density at radius 3 is 2.78 bits per heavy atom. The number of halogens is 1. The third-order valence-corrected chi connectivity index (χ3v) is 5.60. The first-order valence-electron chi connectivity index (χ1n) is 8.01. The molecule has 1 N–H and O–H groups in total. The lowest BCUT2D eigenvalue weighted by molar-refractivity contribution is -0.153. The van der Waals surface area contributed by atoms with Crippen molar-refractivity contribution >= 4 is 34.8 Å². The van der Waals surface area contributed by atoms with Gasteiger partial charge < -0.3 is 10.2 Å². The number of rotatable bonds is 4. The lowest BCUT2D eigenvalue weighted by Gasteiger charge is -2.45. The molecule has 0 unspecified atom stereocenters. The van der Waals surface area contributed by atoms with Crippen LogP contribution in [0.3, 0.4) is 0 Å². The Morgan fingerprint density at radius 1 is 1.35 bits per heavy atom. The summed E-state index contributed by atoms with van der Waals surface area (Å²) in [6.45, 7) is 6.90. The zero-order chi connectivity index (χ0) is 16.6. The molecule has 0 aromatic carbocycles. The smallest absolute Gasteiger partial charge is 0.245 e. The van der Waals surface area contributed by atoms with Gasteiger partial charge >= 0.3 is 0 Å². The van der Waals surface area contributed by atoms with Gasteiger partial charge in [0.25, 0.3) is 0 Å². The third-order valence-electron chi connectivity index (χ3n) is 4.38. The fourth-order valence-electron chi connectivity index (χ4n) is 3.29. The van der Waals surface area contributed by atoms with Crippen molar-refractivity contribution in [1.82, 2.24) is 15.1 Å². The molecule has 2 atom stereocenters.